The van der Waals surface area contributed by atoms with Crippen LogP contribution in [0.4, 0.5) is 0 Å². The first-order valence-electron chi connectivity index (χ1n) is 7.28. The lowest BCUT2D eigenvalue weighted by molar-refractivity contribution is 0.550. The summed E-state index contributed by atoms with van der Waals surface area (Å²) in [6.45, 7) is 8.42. The van der Waals surface area contributed by atoms with Gasteiger partial charge in [-0.15, -0.1) is 0 Å². The molecule has 0 unspecified atom stereocenters. The van der Waals surface area contributed by atoms with Crippen molar-refractivity contribution in [1.82, 2.24) is 5.32 Å². The molecule has 0 aliphatic heterocycles. The summed E-state index contributed by atoms with van der Waals surface area (Å²) >= 11 is 7.95. The Bertz CT molecular complexity index is 596. The third-order valence-electron chi connectivity index (χ3n) is 3.11. The maximum absolute atomic E-state index is 6.15. The third kappa shape index (κ3) is 5.39. The first kappa shape index (κ1) is 16.4. The Morgan fingerprint density at radius 3 is 2.67 bits per heavy atom. The van der Waals surface area contributed by atoms with Gasteiger partial charge in [0.05, 0.1) is 0 Å². The third-order valence-corrected chi connectivity index (χ3v) is 4.45. The molecule has 0 aliphatic rings. The van der Waals surface area contributed by atoms with Gasteiger partial charge in [0.15, 0.2) is 0 Å². The van der Waals surface area contributed by atoms with E-state index in [-0.39, 0.29) is 0 Å². The average Bonchev–Trinajstić information content (AvgIpc) is 2.41. The van der Waals surface area contributed by atoms with Crippen LogP contribution in [0.1, 0.15) is 25.0 Å². The van der Waals surface area contributed by atoms with Crippen molar-refractivity contribution in [2.45, 2.75) is 37.1 Å². The normalized spacial score (nSPS) is 11.1. The first-order valence-corrected chi connectivity index (χ1v) is 8.47. The highest BCUT2D eigenvalue weighted by molar-refractivity contribution is 7.99. The second-order valence-corrected chi connectivity index (χ2v) is 7.25. The Hall–Kier alpha value is -0.960. The van der Waals surface area contributed by atoms with Crippen molar-refractivity contribution < 1.29 is 0 Å². The second kappa shape index (κ2) is 7.88. The highest BCUT2D eigenvalue weighted by Crippen LogP contribution is 2.32. The summed E-state index contributed by atoms with van der Waals surface area (Å²) < 4.78 is 0. The molecule has 0 fully saturated rings. The molecule has 0 heterocycles. The minimum atomic E-state index is 0.650. The Labute approximate surface area is 137 Å². The fraction of sp³-hybridized carbons (Fsp3) is 0.333. The van der Waals surface area contributed by atoms with Crippen molar-refractivity contribution in [3.05, 3.63) is 58.6 Å². The Morgan fingerprint density at radius 2 is 1.95 bits per heavy atom. The number of rotatable bonds is 6. The van der Waals surface area contributed by atoms with Gasteiger partial charge in [-0.25, -0.2) is 0 Å². The van der Waals surface area contributed by atoms with Gasteiger partial charge in [0.25, 0.3) is 0 Å². The molecule has 2 rings (SSSR count). The lowest BCUT2D eigenvalue weighted by atomic mass is 10.2. The number of hydrogen-bond donors (Lipinski definition) is 1. The van der Waals surface area contributed by atoms with Crippen LogP contribution in [0.25, 0.3) is 0 Å². The van der Waals surface area contributed by atoms with Gasteiger partial charge in [-0.05, 0) is 55.3 Å². The van der Waals surface area contributed by atoms with Crippen LogP contribution in [0.2, 0.25) is 5.02 Å². The van der Waals surface area contributed by atoms with E-state index in [1.807, 2.05) is 6.07 Å². The molecule has 2 aromatic carbocycles. The molecular weight excluding hydrogens is 298 g/mol. The molecule has 0 spiro atoms. The van der Waals surface area contributed by atoms with Gasteiger partial charge in [0.2, 0.25) is 0 Å². The fourth-order valence-corrected chi connectivity index (χ4v) is 3.33. The van der Waals surface area contributed by atoms with Crippen molar-refractivity contribution in [3.8, 4) is 0 Å². The lowest BCUT2D eigenvalue weighted by Crippen LogP contribution is -2.19. The first-order chi connectivity index (χ1) is 10.0. The van der Waals surface area contributed by atoms with E-state index in [0.29, 0.717) is 5.92 Å². The molecule has 0 bridgehead atoms. The Balaban J connectivity index is 2.14. The van der Waals surface area contributed by atoms with Gasteiger partial charge in [-0.2, -0.15) is 0 Å². The molecule has 1 nitrogen and oxygen atoms in total. The quantitative estimate of drug-likeness (QED) is 0.749. The van der Waals surface area contributed by atoms with Gasteiger partial charge < -0.3 is 5.32 Å². The van der Waals surface area contributed by atoms with Gasteiger partial charge in [0, 0.05) is 21.4 Å². The molecule has 0 aromatic heterocycles. The van der Waals surface area contributed by atoms with E-state index in [0.717, 1.165) is 18.1 Å². The largest absolute Gasteiger partial charge is 0.312 e. The summed E-state index contributed by atoms with van der Waals surface area (Å²) in [6, 6.07) is 14.7. The summed E-state index contributed by atoms with van der Waals surface area (Å²) in [5, 5.41) is 4.29. The van der Waals surface area contributed by atoms with Crippen molar-refractivity contribution in [2.24, 2.45) is 5.92 Å². The van der Waals surface area contributed by atoms with Crippen LogP contribution in [-0.4, -0.2) is 6.54 Å². The molecule has 2 aromatic rings. The smallest absolute Gasteiger partial charge is 0.0410 e. The van der Waals surface area contributed by atoms with Crippen LogP contribution in [0.15, 0.2) is 52.3 Å². The van der Waals surface area contributed by atoms with Crippen molar-refractivity contribution in [3.63, 3.8) is 0 Å². The number of nitrogens with one attached hydrogen (secondary N) is 1. The lowest BCUT2D eigenvalue weighted by Gasteiger charge is -2.12. The van der Waals surface area contributed by atoms with E-state index in [1.165, 1.54) is 20.9 Å². The van der Waals surface area contributed by atoms with Crippen molar-refractivity contribution >= 4 is 23.4 Å². The van der Waals surface area contributed by atoms with E-state index in [2.05, 4.69) is 62.5 Å². The van der Waals surface area contributed by atoms with Crippen LogP contribution in [0, 0.1) is 12.8 Å². The molecule has 0 aliphatic carbocycles. The summed E-state index contributed by atoms with van der Waals surface area (Å²) in [5.74, 6) is 0.650. The van der Waals surface area contributed by atoms with E-state index < -0.39 is 0 Å². The standard InChI is InChI=1S/C18H22ClNS/c1-13(2)11-20-12-15-10-16(19)7-8-18(15)21-17-6-4-5-14(3)9-17/h4-10,13,20H,11-12H2,1-3H3. The monoisotopic (exact) mass is 319 g/mol. The number of benzene rings is 2. The molecule has 0 saturated heterocycles. The molecule has 1 N–H and O–H groups in total. The summed E-state index contributed by atoms with van der Waals surface area (Å²) in [6.07, 6.45) is 0. The molecule has 0 atom stereocenters. The zero-order valence-electron chi connectivity index (χ0n) is 12.8. The maximum atomic E-state index is 6.15. The zero-order chi connectivity index (χ0) is 15.2. The summed E-state index contributed by atoms with van der Waals surface area (Å²) in [5.41, 5.74) is 2.54. The van der Waals surface area contributed by atoms with Crippen LogP contribution in [0.5, 0.6) is 0 Å². The van der Waals surface area contributed by atoms with E-state index in [9.17, 15) is 0 Å². The molecule has 0 saturated carbocycles. The van der Waals surface area contributed by atoms with Gasteiger partial charge >= 0.3 is 0 Å². The summed E-state index contributed by atoms with van der Waals surface area (Å²) in [4.78, 5) is 2.53. The predicted octanol–water partition coefficient (Wildman–Crippen LogP) is 5.55. The van der Waals surface area contributed by atoms with Crippen LogP contribution in [-0.2, 0) is 6.54 Å². The maximum Gasteiger partial charge on any atom is 0.0410 e. The number of aryl methyl sites for hydroxylation is 1. The van der Waals surface area contributed by atoms with Gasteiger partial charge in [-0.1, -0.05) is 54.9 Å². The van der Waals surface area contributed by atoms with Gasteiger partial charge in [-0.3, -0.25) is 0 Å². The summed E-state index contributed by atoms with van der Waals surface area (Å²) in [7, 11) is 0. The van der Waals surface area contributed by atoms with Crippen molar-refractivity contribution in [2.75, 3.05) is 6.54 Å². The van der Waals surface area contributed by atoms with Crippen LogP contribution < -0.4 is 5.32 Å². The molecule has 0 radical (unpaired) electrons. The molecule has 21 heavy (non-hydrogen) atoms. The minimum absolute atomic E-state index is 0.650. The minimum Gasteiger partial charge on any atom is -0.312 e. The molecule has 0 amide bonds. The highest BCUT2D eigenvalue weighted by atomic mass is 35.5. The molecule has 112 valence electrons. The Morgan fingerprint density at radius 1 is 1.14 bits per heavy atom. The van der Waals surface area contributed by atoms with E-state index in [4.69, 9.17) is 11.6 Å². The highest BCUT2D eigenvalue weighted by Gasteiger charge is 2.06. The average molecular weight is 320 g/mol. The topological polar surface area (TPSA) is 12.0 Å². The van der Waals surface area contributed by atoms with E-state index in [1.54, 1.807) is 11.8 Å². The molecule has 3 heteroatoms. The Kier molecular flexibility index (Phi) is 6.16. The van der Waals surface area contributed by atoms with E-state index >= 15 is 0 Å². The molecular formula is C18H22ClNS. The second-order valence-electron chi connectivity index (χ2n) is 5.70. The van der Waals surface area contributed by atoms with Crippen LogP contribution in [0.3, 0.4) is 0 Å². The van der Waals surface area contributed by atoms with Crippen LogP contribution >= 0.6 is 23.4 Å². The number of hydrogen-bond acceptors (Lipinski definition) is 2. The predicted molar refractivity (Wildman–Crippen MR) is 93.3 cm³/mol. The van der Waals surface area contributed by atoms with Crippen molar-refractivity contribution in [1.29, 1.82) is 0 Å². The van der Waals surface area contributed by atoms with Gasteiger partial charge in [0.1, 0.15) is 0 Å². The fourth-order valence-electron chi connectivity index (χ4n) is 2.09. The number of halogens is 1. The zero-order valence-corrected chi connectivity index (χ0v) is 14.4. The SMILES string of the molecule is Cc1cccc(Sc2ccc(Cl)cc2CNCC(C)C)c1.